The number of carbonyl (C=O) groups excluding carboxylic acids is 1. The van der Waals surface area contributed by atoms with Crippen molar-refractivity contribution in [2.24, 2.45) is 0 Å². The van der Waals surface area contributed by atoms with Crippen molar-refractivity contribution < 1.29 is 36.6 Å². The highest BCUT2D eigenvalue weighted by molar-refractivity contribution is 5.79. The molecule has 2 aliphatic rings. The van der Waals surface area contributed by atoms with Crippen LogP contribution in [0.1, 0.15) is 69.9 Å². The third kappa shape index (κ3) is 6.77. The van der Waals surface area contributed by atoms with E-state index in [1.54, 1.807) is 11.8 Å². The molecule has 0 spiro atoms. The first kappa shape index (κ1) is 29.0. The van der Waals surface area contributed by atoms with Gasteiger partial charge in [-0.05, 0) is 45.2 Å². The van der Waals surface area contributed by atoms with E-state index in [0.717, 1.165) is 23.8 Å². The molecule has 1 saturated heterocycles. The van der Waals surface area contributed by atoms with Crippen LogP contribution in [0.4, 0.5) is 27.8 Å². The average Bonchev–Trinajstić information content (AvgIpc) is 3.53. The first-order chi connectivity index (χ1) is 18.4. The number of halogens is 5. The number of benzene rings is 1. The largest absolute Gasteiger partial charge is 0.481 e. The number of nitrogens with zero attached hydrogens (tertiary/aromatic N) is 4. The van der Waals surface area contributed by atoms with Crippen LogP contribution < -0.4 is 4.90 Å². The Kier molecular flexibility index (Phi) is 8.63. The molecule has 2 fully saturated rings. The maximum Gasteiger partial charge on any atom is 0.417 e. The zero-order chi connectivity index (χ0) is 28.4. The molecule has 214 valence electrons. The molecule has 1 aliphatic heterocycles. The van der Waals surface area contributed by atoms with Crippen molar-refractivity contribution in [1.29, 1.82) is 0 Å². The second-order valence-corrected chi connectivity index (χ2v) is 10.6. The minimum atomic E-state index is -4.62. The van der Waals surface area contributed by atoms with Crippen LogP contribution in [0.25, 0.3) is 11.3 Å². The summed E-state index contributed by atoms with van der Waals surface area (Å²) in [6, 6.07) is 4.96. The highest BCUT2D eigenvalue weighted by atomic mass is 19.4. The van der Waals surface area contributed by atoms with Crippen molar-refractivity contribution in [1.82, 2.24) is 14.7 Å². The number of likely N-dealkylation sites (tertiary alicyclic amines) is 1. The average molecular weight is 557 g/mol. The van der Waals surface area contributed by atoms with E-state index in [9.17, 15) is 36.6 Å². The Balaban J connectivity index is 1.71. The molecule has 2 aromatic rings. The van der Waals surface area contributed by atoms with E-state index in [4.69, 9.17) is 0 Å². The Bertz CT molecular complexity index is 1160. The van der Waals surface area contributed by atoms with E-state index in [1.807, 2.05) is 0 Å². The summed E-state index contributed by atoms with van der Waals surface area (Å²) >= 11 is 0. The third-order valence-electron chi connectivity index (χ3n) is 7.74. The molecule has 0 radical (unpaired) electrons. The lowest BCUT2D eigenvalue weighted by Crippen LogP contribution is -2.49. The molecule has 2 atom stereocenters. The fourth-order valence-corrected chi connectivity index (χ4v) is 5.83. The standard InChI is InChI=1S/C27H33F5N4O3/c1-18(34-12-6-11-26(28,29)16-34)13-20(14-25(38)39)35(17-37)24-15-23(36(33-24)19-7-2-3-8-19)21-9-4-5-10-22(21)27(30,31)32/h4-5,9-10,15,17-20H,2-3,6-8,11-14,16H2,1H3,(H,38,39)/t18-,20+/m1/s1. The van der Waals surface area contributed by atoms with Crippen molar-refractivity contribution in [3.8, 4) is 11.3 Å². The van der Waals surface area contributed by atoms with Gasteiger partial charge in [-0.15, -0.1) is 0 Å². The minimum Gasteiger partial charge on any atom is -0.481 e. The number of hydrogen-bond acceptors (Lipinski definition) is 4. The SMILES string of the molecule is C[C@H](C[C@@H](CC(=O)O)N(C=O)c1cc(-c2ccccc2C(F)(F)F)n(C2CCCC2)n1)N1CCCC(F)(F)C1. The summed E-state index contributed by atoms with van der Waals surface area (Å²) < 4.78 is 71.3. The molecule has 2 heterocycles. The van der Waals surface area contributed by atoms with Crippen molar-refractivity contribution >= 4 is 18.2 Å². The van der Waals surface area contributed by atoms with Gasteiger partial charge in [0.15, 0.2) is 5.82 Å². The van der Waals surface area contributed by atoms with Gasteiger partial charge in [-0.1, -0.05) is 31.0 Å². The molecule has 1 aromatic heterocycles. The number of piperidine rings is 1. The summed E-state index contributed by atoms with van der Waals surface area (Å²) in [7, 11) is 0. The van der Waals surface area contributed by atoms with E-state index in [0.29, 0.717) is 32.2 Å². The number of aliphatic carboxylic acids is 1. The van der Waals surface area contributed by atoms with Crippen molar-refractivity contribution in [2.75, 3.05) is 18.0 Å². The minimum absolute atomic E-state index is 0.0336. The summed E-state index contributed by atoms with van der Waals surface area (Å²) in [4.78, 5) is 26.8. The summed E-state index contributed by atoms with van der Waals surface area (Å²) in [5.41, 5.74) is -0.732. The second kappa shape index (κ2) is 11.6. The van der Waals surface area contributed by atoms with E-state index >= 15 is 0 Å². The first-order valence-electron chi connectivity index (χ1n) is 13.2. The fraction of sp³-hybridized carbons (Fsp3) is 0.593. The molecule has 1 N–H and O–H groups in total. The molecule has 0 unspecified atom stereocenters. The van der Waals surface area contributed by atoms with Crippen LogP contribution in [0, 0.1) is 0 Å². The van der Waals surface area contributed by atoms with Gasteiger partial charge in [-0.3, -0.25) is 24.1 Å². The molecule has 4 rings (SSSR count). The maximum atomic E-state index is 14.0. The number of carbonyl (C=O) groups is 2. The Morgan fingerprint density at radius 2 is 1.92 bits per heavy atom. The van der Waals surface area contributed by atoms with Gasteiger partial charge in [0.1, 0.15) is 0 Å². The second-order valence-electron chi connectivity index (χ2n) is 10.6. The van der Waals surface area contributed by atoms with E-state index < -0.39 is 48.7 Å². The highest BCUT2D eigenvalue weighted by Crippen LogP contribution is 2.41. The third-order valence-corrected chi connectivity index (χ3v) is 7.74. The number of rotatable bonds is 10. The normalized spacial score (nSPS) is 20.1. The lowest BCUT2D eigenvalue weighted by Gasteiger charge is -2.38. The smallest absolute Gasteiger partial charge is 0.417 e. The Morgan fingerprint density at radius 3 is 2.54 bits per heavy atom. The number of amides is 1. The quantitative estimate of drug-likeness (QED) is 0.287. The lowest BCUT2D eigenvalue weighted by molar-refractivity contribution is -0.138. The summed E-state index contributed by atoms with van der Waals surface area (Å²) in [6.45, 7) is 1.68. The van der Waals surface area contributed by atoms with Gasteiger partial charge in [-0.25, -0.2) is 8.78 Å². The molecular formula is C27H33F5N4O3. The van der Waals surface area contributed by atoms with Gasteiger partial charge >= 0.3 is 12.1 Å². The number of carboxylic acids is 1. The van der Waals surface area contributed by atoms with Crippen LogP contribution in [0.3, 0.4) is 0 Å². The summed E-state index contributed by atoms with van der Waals surface area (Å²) in [5, 5.41) is 14.1. The molecule has 12 heteroatoms. The van der Waals surface area contributed by atoms with Crippen LogP contribution in [0.2, 0.25) is 0 Å². The molecule has 1 amide bonds. The van der Waals surface area contributed by atoms with Gasteiger partial charge in [0.25, 0.3) is 5.92 Å². The van der Waals surface area contributed by atoms with Crippen LogP contribution in [0.15, 0.2) is 30.3 Å². The van der Waals surface area contributed by atoms with E-state index in [-0.39, 0.29) is 36.0 Å². The topological polar surface area (TPSA) is 78.7 Å². The first-order valence-corrected chi connectivity index (χ1v) is 13.2. The van der Waals surface area contributed by atoms with E-state index in [2.05, 4.69) is 5.10 Å². The van der Waals surface area contributed by atoms with E-state index in [1.165, 1.54) is 28.9 Å². The monoisotopic (exact) mass is 556 g/mol. The van der Waals surface area contributed by atoms with Gasteiger partial charge in [0, 0.05) is 24.1 Å². The molecule has 1 saturated carbocycles. The lowest BCUT2D eigenvalue weighted by atomic mass is 9.99. The summed E-state index contributed by atoms with van der Waals surface area (Å²) in [5.74, 6) is -4.01. The van der Waals surface area contributed by atoms with Crippen molar-refractivity contribution in [3.05, 3.63) is 35.9 Å². The van der Waals surface area contributed by atoms with Gasteiger partial charge in [0.2, 0.25) is 6.41 Å². The molecular weight excluding hydrogens is 523 g/mol. The molecule has 0 bridgehead atoms. The predicted molar refractivity (Wildman–Crippen MR) is 135 cm³/mol. The predicted octanol–water partition coefficient (Wildman–Crippen LogP) is 6.00. The zero-order valence-corrected chi connectivity index (χ0v) is 21.7. The van der Waals surface area contributed by atoms with Gasteiger partial charge in [-0.2, -0.15) is 18.3 Å². The van der Waals surface area contributed by atoms with Gasteiger partial charge in [0.05, 0.1) is 36.3 Å². The number of carboxylic acid groups (broad SMARTS) is 1. The Morgan fingerprint density at radius 1 is 1.23 bits per heavy atom. The molecule has 39 heavy (non-hydrogen) atoms. The molecule has 1 aromatic carbocycles. The highest BCUT2D eigenvalue weighted by Gasteiger charge is 2.39. The number of alkyl halides is 5. The molecule has 7 nitrogen and oxygen atoms in total. The fourth-order valence-electron chi connectivity index (χ4n) is 5.83. The zero-order valence-electron chi connectivity index (χ0n) is 21.7. The number of hydrogen-bond donors (Lipinski definition) is 1. The van der Waals surface area contributed by atoms with Crippen LogP contribution >= 0.6 is 0 Å². The van der Waals surface area contributed by atoms with Crippen LogP contribution in [-0.2, 0) is 15.8 Å². The van der Waals surface area contributed by atoms with Crippen LogP contribution in [0.5, 0.6) is 0 Å². The van der Waals surface area contributed by atoms with Gasteiger partial charge < -0.3 is 5.11 Å². The number of anilines is 1. The van der Waals surface area contributed by atoms with Crippen molar-refractivity contribution in [3.63, 3.8) is 0 Å². The maximum absolute atomic E-state index is 14.0. The Hall–Kier alpha value is -3.02. The van der Waals surface area contributed by atoms with Crippen molar-refractivity contribution in [2.45, 2.75) is 88.5 Å². The number of aromatic nitrogens is 2. The summed E-state index contributed by atoms with van der Waals surface area (Å²) in [6.07, 6.45) is -1.32. The molecule has 1 aliphatic carbocycles. The van der Waals surface area contributed by atoms with Crippen LogP contribution in [-0.4, -0.2) is 63.3 Å². The Labute approximate surface area is 223 Å².